The third-order valence-corrected chi connectivity index (χ3v) is 7.32. The summed E-state index contributed by atoms with van der Waals surface area (Å²) in [6.07, 6.45) is 1.97. The van der Waals surface area contributed by atoms with Crippen LogP contribution in [0.25, 0.3) is 0 Å². The fraction of sp³-hybridized carbons (Fsp3) is 0.458. The zero-order valence-corrected chi connectivity index (χ0v) is 21.7. The maximum atomic E-state index is 13.3. The van der Waals surface area contributed by atoms with Crippen LogP contribution in [0.5, 0.6) is 5.75 Å². The molecule has 9 heteroatoms. The molecule has 0 radical (unpaired) electrons. The minimum Gasteiger partial charge on any atom is -0.496 e. The van der Waals surface area contributed by atoms with Crippen molar-refractivity contribution < 1.29 is 24.2 Å². The van der Waals surface area contributed by atoms with E-state index in [9.17, 15) is 19.5 Å². The normalized spacial score (nSPS) is 15.7. The third kappa shape index (κ3) is 5.58. The number of hydrogen-bond donors (Lipinski definition) is 1. The first-order valence-corrected chi connectivity index (χ1v) is 12.5. The maximum Gasteiger partial charge on any atom is 0.331 e. The molecular formula is C24H29BrN2O5S. The Balaban J connectivity index is 1.83. The van der Waals surface area contributed by atoms with Crippen molar-refractivity contribution in [1.82, 2.24) is 9.80 Å². The number of halogens is 1. The first kappa shape index (κ1) is 25.2. The van der Waals surface area contributed by atoms with E-state index in [0.717, 1.165) is 18.4 Å². The lowest BCUT2D eigenvalue weighted by atomic mass is 9.92. The Morgan fingerprint density at radius 3 is 2.61 bits per heavy atom. The number of aliphatic carboxylic acids is 1. The van der Waals surface area contributed by atoms with E-state index in [1.165, 1.54) is 16.9 Å². The Kier molecular flexibility index (Phi) is 7.84. The summed E-state index contributed by atoms with van der Waals surface area (Å²) in [5.74, 6) is -2.03. The number of carboxylic acids is 1. The molecule has 1 unspecified atom stereocenters. The highest BCUT2D eigenvalue weighted by atomic mass is 79.9. The molecule has 0 bridgehead atoms. The molecule has 1 atom stereocenters. The van der Waals surface area contributed by atoms with Gasteiger partial charge >= 0.3 is 17.8 Å². The SMILES string of the molecule is COc1cc2c(cc1Br)C(C(=O)O)N(C(=O)C(=O)N(CCCc1cccs1)C(C)(C)C)CC2. The van der Waals surface area contributed by atoms with Gasteiger partial charge in [0.25, 0.3) is 0 Å². The standard InChI is InChI=1S/C24H29BrN2O5S/c1-24(2,3)27(10-5-7-16-8-6-12-33-16)22(29)21(28)26-11-9-15-13-19(32-4)18(25)14-17(15)20(26)23(30)31/h6,8,12-14,20H,5,7,9-11H2,1-4H3,(H,30,31). The van der Waals surface area contributed by atoms with Gasteiger partial charge in [0.2, 0.25) is 0 Å². The molecule has 33 heavy (non-hydrogen) atoms. The van der Waals surface area contributed by atoms with Crippen molar-refractivity contribution in [2.45, 2.75) is 51.6 Å². The molecule has 1 aliphatic heterocycles. The van der Waals surface area contributed by atoms with Crippen LogP contribution in [0.2, 0.25) is 0 Å². The second-order valence-electron chi connectivity index (χ2n) is 8.99. The summed E-state index contributed by atoms with van der Waals surface area (Å²) in [7, 11) is 1.54. The van der Waals surface area contributed by atoms with Crippen molar-refractivity contribution in [3.8, 4) is 5.75 Å². The van der Waals surface area contributed by atoms with Gasteiger partial charge in [0.1, 0.15) is 5.75 Å². The van der Waals surface area contributed by atoms with Gasteiger partial charge in [-0.25, -0.2) is 4.79 Å². The van der Waals surface area contributed by atoms with Crippen LogP contribution in [0.3, 0.4) is 0 Å². The summed E-state index contributed by atoms with van der Waals surface area (Å²) < 4.78 is 5.92. The molecule has 0 saturated carbocycles. The van der Waals surface area contributed by atoms with Crippen molar-refractivity contribution in [2.24, 2.45) is 0 Å². The Hall–Kier alpha value is -2.39. The van der Waals surface area contributed by atoms with Crippen LogP contribution in [0.4, 0.5) is 0 Å². The van der Waals surface area contributed by atoms with E-state index in [1.54, 1.807) is 28.4 Å². The lowest BCUT2D eigenvalue weighted by Gasteiger charge is -2.39. The van der Waals surface area contributed by atoms with Crippen LogP contribution in [-0.4, -0.2) is 58.4 Å². The number of thiophene rings is 1. The average Bonchev–Trinajstić information content (AvgIpc) is 3.27. The van der Waals surface area contributed by atoms with Crippen LogP contribution >= 0.6 is 27.3 Å². The smallest absolute Gasteiger partial charge is 0.331 e. The van der Waals surface area contributed by atoms with Crippen LogP contribution in [0, 0.1) is 0 Å². The molecule has 2 aromatic rings. The van der Waals surface area contributed by atoms with E-state index in [2.05, 4.69) is 22.0 Å². The van der Waals surface area contributed by atoms with Gasteiger partial charge in [-0.05, 0) is 90.7 Å². The number of carbonyl (C=O) groups excluding carboxylic acids is 2. The minimum absolute atomic E-state index is 0.145. The monoisotopic (exact) mass is 536 g/mol. The number of fused-ring (bicyclic) bond motifs is 1. The van der Waals surface area contributed by atoms with Crippen LogP contribution < -0.4 is 4.74 Å². The summed E-state index contributed by atoms with van der Waals surface area (Å²) >= 11 is 5.06. The molecule has 1 aromatic heterocycles. The maximum absolute atomic E-state index is 13.3. The van der Waals surface area contributed by atoms with Crippen molar-refractivity contribution >= 4 is 45.1 Å². The Morgan fingerprint density at radius 2 is 2.03 bits per heavy atom. The van der Waals surface area contributed by atoms with Gasteiger partial charge in [0.05, 0.1) is 11.6 Å². The molecule has 7 nitrogen and oxygen atoms in total. The van der Waals surface area contributed by atoms with Gasteiger partial charge in [-0.2, -0.15) is 0 Å². The van der Waals surface area contributed by atoms with Gasteiger partial charge < -0.3 is 19.6 Å². The number of carboxylic acid groups (broad SMARTS) is 1. The van der Waals surface area contributed by atoms with Crippen molar-refractivity contribution in [3.05, 3.63) is 50.1 Å². The molecule has 1 N–H and O–H groups in total. The quantitative estimate of drug-likeness (QED) is 0.556. The molecule has 1 aromatic carbocycles. The number of amides is 2. The molecular weight excluding hydrogens is 508 g/mol. The highest BCUT2D eigenvalue weighted by Crippen LogP contribution is 2.37. The summed E-state index contributed by atoms with van der Waals surface area (Å²) in [6.45, 7) is 6.20. The van der Waals surface area contributed by atoms with E-state index in [0.29, 0.717) is 28.8 Å². The predicted molar refractivity (Wildman–Crippen MR) is 131 cm³/mol. The lowest BCUT2D eigenvalue weighted by Crippen LogP contribution is -2.55. The number of rotatable bonds is 6. The molecule has 0 aliphatic carbocycles. The van der Waals surface area contributed by atoms with E-state index in [4.69, 9.17) is 4.74 Å². The van der Waals surface area contributed by atoms with Gasteiger partial charge in [-0.15, -0.1) is 11.3 Å². The number of benzene rings is 1. The molecule has 178 valence electrons. The summed E-state index contributed by atoms with van der Waals surface area (Å²) in [5, 5.41) is 12.0. The molecule has 3 rings (SSSR count). The highest BCUT2D eigenvalue weighted by Gasteiger charge is 2.41. The fourth-order valence-electron chi connectivity index (χ4n) is 4.11. The molecule has 2 heterocycles. The van der Waals surface area contributed by atoms with E-state index in [-0.39, 0.29) is 6.54 Å². The number of methoxy groups -OCH3 is 1. The summed E-state index contributed by atoms with van der Waals surface area (Å²) in [6, 6.07) is 6.25. The number of aryl methyl sites for hydroxylation is 1. The zero-order valence-electron chi connectivity index (χ0n) is 19.3. The van der Waals surface area contributed by atoms with Crippen LogP contribution in [0.1, 0.15) is 49.2 Å². The van der Waals surface area contributed by atoms with Crippen molar-refractivity contribution in [3.63, 3.8) is 0 Å². The number of ether oxygens (including phenoxy) is 1. The van der Waals surface area contributed by atoms with Crippen molar-refractivity contribution in [1.29, 1.82) is 0 Å². The van der Waals surface area contributed by atoms with Crippen LogP contribution in [0.15, 0.2) is 34.1 Å². The number of nitrogens with zero attached hydrogens (tertiary/aromatic N) is 2. The predicted octanol–water partition coefficient (Wildman–Crippen LogP) is 4.29. The zero-order chi connectivity index (χ0) is 24.3. The van der Waals surface area contributed by atoms with Gasteiger partial charge in [-0.3, -0.25) is 9.59 Å². The van der Waals surface area contributed by atoms with E-state index < -0.39 is 29.4 Å². The van der Waals surface area contributed by atoms with Crippen LogP contribution in [-0.2, 0) is 27.2 Å². The lowest BCUT2D eigenvalue weighted by molar-refractivity contribution is -0.160. The molecule has 0 spiro atoms. The van der Waals surface area contributed by atoms with E-state index in [1.807, 2.05) is 32.2 Å². The van der Waals surface area contributed by atoms with Gasteiger partial charge in [0.15, 0.2) is 6.04 Å². The second-order valence-corrected chi connectivity index (χ2v) is 10.9. The Labute approximate surface area is 206 Å². The highest BCUT2D eigenvalue weighted by molar-refractivity contribution is 9.10. The Morgan fingerprint density at radius 1 is 1.30 bits per heavy atom. The third-order valence-electron chi connectivity index (χ3n) is 5.76. The number of hydrogen-bond acceptors (Lipinski definition) is 5. The first-order valence-electron chi connectivity index (χ1n) is 10.8. The molecule has 1 aliphatic rings. The molecule has 0 saturated heterocycles. The minimum atomic E-state index is -1.24. The fourth-order valence-corrected chi connectivity index (χ4v) is 5.38. The molecule has 2 amide bonds. The van der Waals surface area contributed by atoms with Gasteiger partial charge in [-0.1, -0.05) is 6.07 Å². The van der Waals surface area contributed by atoms with Gasteiger partial charge in [0, 0.05) is 23.5 Å². The first-order chi connectivity index (χ1) is 15.5. The van der Waals surface area contributed by atoms with Crippen molar-refractivity contribution in [2.75, 3.05) is 20.2 Å². The topological polar surface area (TPSA) is 87.1 Å². The Bertz CT molecular complexity index is 1030. The number of carbonyl (C=O) groups is 3. The summed E-state index contributed by atoms with van der Waals surface area (Å²) in [4.78, 5) is 42.9. The summed E-state index contributed by atoms with van der Waals surface area (Å²) in [5.41, 5.74) is 0.704. The average molecular weight is 537 g/mol. The van der Waals surface area contributed by atoms with E-state index >= 15 is 0 Å². The molecule has 0 fully saturated rings. The largest absolute Gasteiger partial charge is 0.496 e. The second kappa shape index (κ2) is 10.3.